The molecule has 2 rings (SSSR count). The van der Waals surface area contributed by atoms with Gasteiger partial charge in [0.25, 0.3) is 0 Å². The minimum atomic E-state index is -0.348. The van der Waals surface area contributed by atoms with Gasteiger partial charge in [-0.05, 0) is 25.0 Å². The molecule has 0 radical (unpaired) electrons. The Morgan fingerprint density at radius 3 is 2.57 bits per heavy atom. The Kier molecular flexibility index (Phi) is 5.16. The minimum Gasteiger partial charge on any atom is -0.450 e. The molecule has 0 unspecified atom stereocenters. The first-order valence-corrected chi connectivity index (χ1v) is 6.85. The second kappa shape index (κ2) is 7.29. The van der Waals surface area contributed by atoms with Crippen molar-refractivity contribution in [1.82, 2.24) is 4.90 Å². The fourth-order valence-corrected chi connectivity index (χ4v) is 2.26. The van der Waals surface area contributed by atoms with Gasteiger partial charge in [0.2, 0.25) is 0 Å². The number of rotatable bonds is 3. The van der Waals surface area contributed by atoms with Gasteiger partial charge in [-0.2, -0.15) is 5.26 Å². The predicted molar refractivity (Wildman–Crippen MR) is 76.3 cm³/mol. The number of carbonyl (C=O) groups is 2. The summed E-state index contributed by atoms with van der Waals surface area (Å²) in [5, 5.41) is 11.2. The van der Waals surface area contributed by atoms with E-state index in [4.69, 9.17) is 10.00 Å². The molecular formula is C15H17N3O3. The van der Waals surface area contributed by atoms with Gasteiger partial charge in [0.05, 0.1) is 5.92 Å². The second-order valence-corrected chi connectivity index (χ2v) is 4.82. The normalized spacial score (nSPS) is 15.1. The van der Waals surface area contributed by atoms with Crippen LogP contribution in [0.15, 0.2) is 30.3 Å². The minimum absolute atomic E-state index is 0.162. The summed E-state index contributed by atoms with van der Waals surface area (Å²) in [7, 11) is 0. The summed E-state index contributed by atoms with van der Waals surface area (Å²) in [5.41, 5.74) is 0.748. The van der Waals surface area contributed by atoms with Crippen molar-refractivity contribution in [1.29, 1.82) is 5.26 Å². The highest BCUT2D eigenvalue weighted by Gasteiger charge is 2.28. The van der Waals surface area contributed by atoms with Crippen molar-refractivity contribution < 1.29 is 14.3 Å². The third-order valence-corrected chi connectivity index (χ3v) is 3.42. The van der Waals surface area contributed by atoms with E-state index in [2.05, 4.69) is 5.32 Å². The third-order valence-electron chi connectivity index (χ3n) is 3.42. The van der Waals surface area contributed by atoms with E-state index in [-0.39, 0.29) is 24.5 Å². The van der Waals surface area contributed by atoms with Crippen molar-refractivity contribution in [2.75, 3.05) is 25.0 Å². The van der Waals surface area contributed by atoms with Gasteiger partial charge in [-0.25, -0.2) is 4.79 Å². The van der Waals surface area contributed by atoms with Crippen molar-refractivity contribution in [2.24, 2.45) is 5.92 Å². The molecule has 1 aliphatic rings. The Balaban J connectivity index is 1.80. The lowest BCUT2D eigenvalue weighted by Crippen LogP contribution is -2.42. The molecule has 2 amide bonds. The zero-order valence-electron chi connectivity index (χ0n) is 11.6. The van der Waals surface area contributed by atoms with Gasteiger partial charge in [-0.1, -0.05) is 18.2 Å². The van der Waals surface area contributed by atoms with Gasteiger partial charge >= 0.3 is 12.0 Å². The number of carbonyl (C=O) groups excluding carboxylic acids is 2. The first-order chi connectivity index (χ1) is 10.2. The summed E-state index contributed by atoms with van der Waals surface area (Å²) in [6.45, 7) is 0.795. The SMILES string of the molecule is N#CCOC(=O)C1CCN(C(=O)Nc2ccccc2)CC1. The monoisotopic (exact) mass is 287 g/mol. The Morgan fingerprint density at radius 1 is 1.29 bits per heavy atom. The third kappa shape index (κ3) is 4.21. The van der Waals surface area contributed by atoms with Crippen LogP contribution in [0.2, 0.25) is 0 Å². The van der Waals surface area contributed by atoms with E-state index < -0.39 is 0 Å². The standard InChI is InChI=1S/C15H17N3O3/c16-8-11-21-14(19)12-6-9-18(10-7-12)15(20)17-13-4-2-1-3-5-13/h1-5,12H,6-7,9-11H2,(H,17,20). The molecule has 1 heterocycles. The van der Waals surface area contributed by atoms with Crippen LogP contribution in [0.4, 0.5) is 10.5 Å². The van der Waals surface area contributed by atoms with E-state index in [1.54, 1.807) is 11.0 Å². The van der Waals surface area contributed by atoms with Gasteiger partial charge in [0, 0.05) is 18.8 Å². The lowest BCUT2D eigenvalue weighted by Gasteiger charge is -2.30. The number of amides is 2. The summed E-state index contributed by atoms with van der Waals surface area (Å²) < 4.78 is 4.80. The van der Waals surface area contributed by atoms with Gasteiger partial charge in [0.15, 0.2) is 6.61 Å². The number of nitrogens with one attached hydrogen (secondary N) is 1. The number of nitrogens with zero attached hydrogens (tertiary/aromatic N) is 2. The van der Waals surface area contributed by atoms with Crippen molar-refractivity contribution >= 4 is 17.7 Å². The van der Waals surface area contributed by atoms with Crippen LogP contribution in [0.3, 0.4) is 0 Å². The molecule has 1 saturated heterocycles. The summed E-state index contributed by atoms with van der Waals surface area (Å²) in [6.07, 6.45) is 1.12. The molecule has 1 aromatic carbocycles. The first kappa shape index (κ1) is 14.9. The lowest BCUT2D eigenvalue weighted by atomic mass is 9.97. The maximum atomic E-state index is 12.1. The van der Waals surface area contributed by atoms with Crippen LogP contribution in [0, 0.1) is 17.2 Å². The van der Waals surface area contributed by atoms with Gasteiger partial charge in [-0.15, -0.1) is 0 Å². The van der Waals surface area contributed by atoms with Crippen molar-refractivity contribution in [2.45, 2.75) is 12.8 Å². The van der Waals surface area contributed by atoms with Crippen LogP contribution < -0.4 is 5.32 Å². The molecule has 1 aliphatic heterocycles. The van der Waals surface area contributed by atoms with E-state index in [0.717, 1.165) is 5.69 Å². The number of ether oxygens (including phenoxy) is 1. The van der Waals surface area contributed by atoms with Crippen LogP contribution in [-0.2, 0) is 9.53 Å². The van der Waals surface area contributed by atoms with E-state index in [1.807, 2.05) is 30.3 Å². The first-order valence-electron chi connectivity index (χ1n) is 6.85. The molecular weight excluding hydrogens is 270 g/mol. The number of hydrogen-bond donors (Lipinski definition) is 1. The zero-order chi connectivity index (χ0) is 15.1. The highest BCUT2D eigenvalue weighted by molar-refractivity contribution is 5.89. The molecule has 1 N–H and O–H groups in total. The van der Waals surface area contributed by atoms with Crippen LogP contribution in [0.1, 0.15) is 12.8 Å². The smallest absolute Gasteiger partial charge is 0.321 e. The molecule has 21 heavy (non-hydrogen) atoms. The van der Waals surface area contributed by atoms with Gasteiger partial charge < -0.3 is 15.0 Å². The number of hydrogen-bond acceptors (Lipinski definition) is 4. The van der Waals surface area contributed by atoms with E-state index in [0.29, 0.717) is 25.9 Å². The maximum absolute atomic E-state index is 12.1. The molecule has 0 bridgehead atoms. The number of nitriles is 1. The number of urea groups is 1. The number of benzene rings is 1. The zero-order valence-corrected chi connectivity index (χ0v) is 11.6. The molecule has 0 atom stereocenters. The Morgan fingerprint density at radius 2 is 1.95 bits per heavy atom. The van der Waals surface area contributed by atoms with Gasteiger partial charge in [0.1, 0.15) is 6.07 Å². The Bertz CT molecular complexity index is 531. The summed E-state index contributed by atoms with van der Waals surface area (Å²) in [4.78, 5) is 25.4. The number of esters is 1. The molecule has 0 saturated carbocycles. The number of piperidine rings is 1. The molecule has 0 aliphatic carbocycles. The van der Waals surface area contributed by atoms with E-state index in [1.165, 1.54) is 0 Å². The molecule has 1 aromatic rings. The maximum Gasteiger partial charge on any atom is 0.321 e. The quantitative estimate of drug-likeness (QED) is 0.862. The Hall–Kier alpha value is -2.55. The van der Waals surface area contributed by atoms with E-state index >= 15 is 0 Å². The highest BCUT2D eigenvalue weighted by Crippen LogP contribution is 2.19. The van der Waals surface area contributed by atoms with Crippen LogP contribution >= 0.6 is 0 Å². The van der Waals surface area contributed by atoms with Crippen LogP contribution in [0.25, 0.3) is 0 Å². The van der Waals surface area contributed by atoms with Crippen LogP contribution in [-0.4, -0.2) is 36.6 Å². The number of likely N-dealkylation sites (tertiary alicyclic amines) is 1. The average Bonchev–Trinajstić information content (AvgIpc) is 2.53. The second-order valence-electron chi connectivity index (χ2n) is 4.82. The summed E-state index contributed by atoms with van der Waals surface area (Å²) in [6, 6.07) is 10.9. The fraction of sp³-hybridized carbons (Fsp3) is 0.400. The van der Waals surface area contributed by atoms with Crippen molar-refractivity contribution in [3.8, 4) is 6.07 Å². The summed E-state index contributed by atoms with van der Waals surface area (Å²) in [5.74, 6) is -0.571. The average molecular weight is 287 g/mol. The predicted octanol–water partition coefficient (Wildman–Crippen LogP) is 2.00. The summed E-state index contributed by atoms with van der Waals surface area (Å²) >= 11 is 0. The lowest BCUT2D eigenvalue weighted by molar-refractivity contribution is -0.148. The van der Waals surface area contributed by atoms with Crippen molar-refractivity contribution in [3.05, 3.63) is 30.3 Å². The molecule has 1 fully saturated rings. The Labute approximate surface area is 123 Å². The number of anilines is 1. The number of para-hydroxylation sites is 1. The van der Waals surface area contributed by atoms with E-state index in [9.17, 15) is 9.59 Å². The van der Waals surface area contributed by atoms with Crippen LogP contribution in [0.5, 0.6) is 0 Å². The molecule has 6 heteroatoms. The largest absolute Gasteiger partial charge is 0.450 e. The fourth-order valence-electron chi connectivity index (χ4n) is 2.26. The molecule has 0 spiro atoms. The molecule has 6 nitrogen and oxygen atoms in total. The molecule has 0 aromatic heterocycles. The van der Waals surface area contributed by atoms with Gasteiger partial charge in [-0.3, -0.25) is 4.79 Å². The van der Waals surface area contributed by atoms with Crippen molar-refractivity contribution in [3.63, 3.8) is 0 Å². The topological polar surface area (TPSA) is 82.4 Å². The highest BCUT2D eigenvalue weighted by atomic mass is 16.5. The molecule has 110 valence electrons.